The van der Waals surface area contributed by atoms with E-state index < -0.39 is 0 Å². The topological polar surface area (TPSA) is 72.9 Å². The molecule has 3 heterocycles. The Morgan fingerprint density at radius 1 is 1.48 bits per heavy atom. The highest BCUT2D eigenvalue weighted by atomic mass is 16.5. The number of piperidine rings is 1. The van der Waals surface area contributed by atoms with E-state index in [0.29, 0.717) is 31.6 Å². The zero-order chi connectivity index (χ0) is 17.6. The molecular formula is C18H27N3O4. The van der Waals surface area contributed by atoms with E-state index in [4.69, 9.17) is 14.2 Å². The molecule has 0 bridgehead atoms. The second-order valence-electron chi connectivity index (χ2n) is 6.58. The first kappa shape index (κ1) is 18.1. The van der Waals surface area contributed by atoms with Gasteiger partial charge in [-0.2, -0.15) is 0 Å². The molecule has 0 aromatic carbocycles. The first-order valence-electron chi connectivity index (χ1n) is 8.83. The number of aromatic nitrogens is 1. The van der Waals surface area contributed by atoms with Gasteiger partial charge in [0.15, 0.2) is 0 Å². The standard InChI is InChI=1S/C18H27N3O4/c1-23-9-7-19-17(22)14-10-16-15(5-8-25-16)21(12-14)11-13-4-3-6-20-18(13)24-2/h3-4,6,14-16H,5,7-12H2,1-2H3,(H,19,22)/t14-,15+,16+/m1/s1. The summed E-state index contributed by atoms with van der Waals surface area (Å²) in [6.07, 6.45) is 3.64. The van der Waals surface area contributed by atoms with Crippen molar-refractivity contribution in [3.8, 4) is 5.88 Å². The molecule has 0 aliphatic carbocycles. The highest BCUT2D eigenvalue weighted by Gasteiger charge is 2.42. The summed E-state index contributed by atoms with van der Waals surface area (Å²) >= 11 is 0. The lowest BCUT2D eigenvalue weighted by atomic mass is 9.89. The third kappa shape index (κ3) is 4.29. The Bertz CT molecular complexity index is 583. The molecule has 7 nitrogen and oxygen atoms in total. The Kier molecular flexibility index (Phi) is 6.23. The van der Waals surface area contributed by atoms with E-state index in [-0.39, 0.29) is 17.9 Å². The van der Waals surface area contributed by atoms with E-state index in [0.717, 1.165) is 31.6 Å². The number of nitrogens with zero attached hydrogens (tertiary/aromatic N) is 2. The minimum Gasteiger partial charge on any atom is -0.481 e. The fraction of sp³-hybridized carbons (Fsp3) is 0.667. The van der Waals surface area contributed by atoms with Gasteiger partial charge < -0.3 is 19.5 Å². The molecule has 3 atom stereocenters. The molecule has 1 N–H and O–H groups in total. The molecule has 138 valence electrons. The minimum atomic E-state index is -0.0705. The van der Waals surface area contributed by atoms with Gasteiger partial charge in [-0.15, -0.1) is 0 Å². The molecule has 7 heteroatoms. The van der Waals surface area contributed by atoms with E-state index in [1.807, 2.05) is 12.1 Å². The number of fused-ring (bicyclic) bond motifs is 1. The Hall–Kier alpha value is -1.70. The van der Waals surface area contributed by atoms with Gasteiger partial charge in [-0.1, -0.05) is 6.07 Å². The lowest BCUT2D eigenvalue weighted by Gasteiger charge is -2.40. The van der Waals surface area contributed by atoms with Crippen molar-refractivity contribution < 1.29 is 19.0 Å². The van der Waals surface area contributed by atoms with Crippen molar-refractivity contribution >= 4 is 5.91 Å². The smallest absolute Gasteiger partial charge is 0.224 e. The average Bonchev–Trinajstić information content (AvgIpc) is 3.11. The van der Waals surface area contributed by atoms with Crippen molar-refractivity contribution in [1.82, 2.24) is 15.2 Å². The minimum absolute atomic E-state index is 0.0705. The van der Waals surface area contributed by atoms with Gasteiger partial charge in [-0.05, 0) is 18.9 Å². The van der Waals surface area contributed by atoms with E-state index in [1.54, 1.807) is 20.4 Å². The normalized spacial score (nSPS) is 26.2. The maximum absolute atomic E-state index is 12.5. The molecule has 0 saturated carbocycles. The second-order valence-corrected chi connectivity index (χ2v) is 6.58. The van der Waals surface area contributed by atoms with Crippen molar-refractivity contribution in [2.75, 3.05) is 40.5 Å². The molecular weight excluding hydrogens is 322 g/mol. The van der Waals surface area contributed by atoms with Crippen LogP contribution in [-0.4, -0.2) is 68.5 Å². The van der Waals surface area contributed by atoms with Crippen molar-refractivity contribution in [1.29, 1.82) is 0 Å². The van der Waals surface area contributed by atoms with Crippen LogP contribution in [0.4, 0.5) is 0 Å². The van der Waals surface area contributed by atoms with Crippen molar-refractivity contribution in [2.45, 2.75) is 31.5 Å². The average molecular weight is 349 g/mol. The Labute approximate surface area is 148 Å². The quantitative estimate of drug-likeness (QED) is 0.735. The van der Waals surface area contributed by atoms with Gasteiger partial charge in [0.05, 0.1) is 25.7 Å². The number of methoxy groups -OCH3 is 2. The summed E-state index contributed by atoms with van der Waals surface area (Å²) in [6.45, 7) is 3.26. The van der Waals surface area contributed by atoms with E-state index >= 15 is 0 Å². The van der Waals surface area contributed by atoms with Gasteiger partial charge >= 0.3 is 0 Å². The van der Waals surface area contributed by atoms with Crippen LogP contribution in [0.1, 0.15) is 18.4 Å². The summed E-state index contributed by atoms with van der Waals surface area (Å²) in [4.78, 5) is 19.1. The third-order valence-electron chi connectivity index (χ3n) is 5.01. The molecule has 2 fully saturated rings. The molecule has 0 radical (unpaired) electrons. The molecule has 0 unspecified atom stereocenters. The number of pyridine rings is 1. The highest BCUT2D eigenvalue weighted by Crippen LogP contribution is 2.33. The number of likely N-dealkylation sites (tertiary alicyclic amines) is 1. The Morgan fingerprint density at radius 3 is 3.16 bits per heavy atom. The van der Waals surface area contributed by atoms with Gasteiger partial charge in [0.1, 0.15) is 0 Å². The zero-order valence-electron chi connectivity index (χ0n) is 14.9. The molecule has 2 saturated heterocycles. The number of nitrogens with one attached hydrogen (secondary N) is 1. The maximum Gasteiger partial charge on any atom is 0.224 e. The van der Waals surface area contributed by atoms with Gasteiger partial charge in [0.25, 0.3) is 0 Å². The first-order chi connectivity index (χ1) is 12.2. The largest absolute Gasteiger partial charge is 0.481 e. The number of carbonyl (C=O) groups is 1. The summed E-state index contributed by atoms with van der Waals surface area (Å²) in [5.74, 6) is 0.651. The third-order valence-corrected chi connectivity index (χ3v) is 5.01. The molecule has 3 rings (SSSR count). The van der Waals surface area contributed by atoms with Crippen LogP contribution in [0, 0.1) is 5.92 Å². The molecule has 2 aliphatic rings. The molecule has 0 spiro atoms. The van der Waals surface area contributed by atoms with Crippen LogP contribution >= 0.6 is 0 Å². The zero-order valence-corrected chi connectivity index (χ0v) is 14.9. The van der Waals surface area contributed by atoms with Crippen LogP contribution in [0.25, 0.3) is 0 Å². The van der Waals surface area contributed by atoms with Crippen LogP contribution in [0.2, 0.25) is 0 Å². The van der Waals surface area contributed by atoms with Crippen LogP contribution in [-0.2, 0) is 20.8 Å². The van der Waals surface area contributed by atoms with Gasteiger partial charge in [0, 0.05) is 51.2 Å². The molecule has 2 aliphatic heterocycles. The Balaban J connectivity index is 1.69. The predicted molar refractivity (Wildman–Crippen MR) is 92.3 cm³/mol. The SMILES string of the molecule is COCCNC(=O)[C@@H]1C[C@@H]2OCC[C@@H]2N(Cc2cccnc2OC)C1. The number of ether oxygens (including phenoxy) is 3. The molecule has 1 aromatic rings. The van der Waals surface area contributed by atoms with Crippen LogP contribution < -0.4 is 10.1 Å². The summed E-state index contributed by atoms with van der Waals surface area (Å²) in [7, 11) is 3.27. The molecule has 1 aromatic heterocycles. The van der Waals surface area contributed by atoms with Gasteiger partial charge in [0.2, 0.25) is 11.8 Å². The summed E-state index contributed by atoms with van der Waals surface area (Å²) in [5, 5.41) is 2.96. The fourth-order valence-corrected chi connectivity index (χ4v) is 3.79. The van der Waals surface area contributed by atoms with E-state index in [2.05, 4.69) is 15.2 Å². The lowest BCUT2D eigenvalue weighted by molar-refractivity contribution is -0.130. The first-order valence-corrected chi connectivity index (χ1v) is 8.83. The van der Waals surface area contributed by atoms with E-state index in [9.17, 15) is 4.79 Å². The maximum atomic E-state index is 12.5. The van der Waals surface area contributed by atoms with Gasteiger partial charge in [-0.3, -0.25) is 9.69 Å². The summed E-state index contributed by atoms with van der Waals surface area (Å²) in [6, 6.07) is 4.30. The number of hydrogen-bond donors (Lipinski definition) is 1. The number of carbonyl (C=O) groups excluding carboxylic acids is 1. The van der Waals surface area contributed by atoms with Crippen LogP contribution in [0.3, 0.4) is 0 Å². The number of rotatable bonds is 7. The Morgan fingerprint density at radius 2 is 2.36 bits per heavy atom. The van der Waals surface area contributed by atoms with Crippen molar-refractivity contribution in [3.05, 3.63) is 23.9 Å². The highest BCUT2D eigenvalue weighted by molar-refractivity contribution is 5.79. The van der Waals surface area contributed by atoms with Crippen molar-refractivity contribution in [3.63, 3.8) is 0 Å². The summed E-state index contributed by atoms with van der Waals surface area (Å²) in [5.41, 5.74) is 1.04. The van der Waals surface area contributed by atoms with Crippen molar-refractivity contribution in [2.24, 2.45) is 5.92 Å². The number of hydrogen-bond acceptors (Lipinski definition) is 6. The predicted octanol–water partition coefficient (Wildman–Crippen LogP) is 0.832. The molecule has 1 amide bonds. The van der Waals surface area contributed by atoms with Crippen LogP contribution in [0.5, 0.6) is 5.88 Å². The van der Waals surface area contributed by atoms with Crippen LogP contribution in [0.15, 0.2) is 18.3 Å². The fourth-order valence-electron chi connectivity index (χ4n) is 3.79. The lowest BCUT2D eigenvalue weighted by Crippen LogP contribution is -2.52. The monoisotopic (exact) mass is 349 g/mol. The van der Waals surface area contributed by atoms with E-state index in [1.165, 1.54) is 0 Å². The molecule has 25 heavy (non-hydrogen) atoms. The second kappa shape index (κ2) is 8.60. The summed E-state index contributed by atoms with van der Waals surface area (Å²) < 4.78 is 16.3. The van der Waals surface area contributed by atoms with Gasteiger partial charge in [-0.25, -0.2) is 4.98 Å². The number of amides is 1.